The molecular weight excluding hydrogens is 295 g/mol. The zero-order valence-corrected chi connectivity index (χ0v) is 12.8. The quantitative estimate of drug-likeness (QED) is 0.671. The number of aryl methyl sites for hydroxylation is 1. The van der Waals surface area contributed by atoms with E-state index < -0.39 is 0 Å². The topological polar surface area (TPSA) is 78.5 Å². The number of anilines is 3. The molecular formula is C16H17FN6. The highest BCUT2D eigenvalue weighted by Crippen LogP contribution is 2.19. The summed E-state index contributed by atoms with van der Waals surface area (Å²) in [5.74, 6) is 1.65. The van der Waals surface area contributed by atoms with Gasteiger partial charge in [-0.15, -0.1) is 0 Å². The number of aromatic amines is 1. The summed E-state index contributed by atoms with van der Waals surface area (Å²) in [7, 11) is 0. The van der Waals surface area contributed by atoms with Crippen molar-refractivity contribution in [3.8, 4) is 0 Å². The maximum atomic E-state index is 13.0. The molecule has 0 aliphatic carbocycles. The summed E-state index contributed by atoms with van der Waals surface area (Å²) < 4.78 is 13.0. The Balaban J connectivity index is 1.70. The van der Waals surface area contributed by atoms with E-state index in [1.54, 1.807) is 24.5 Å². The van der Waals surface area contributed by atoms with Gasteiger partial charge in [-0.25, -0.2) is 9.37 Å². The fraction of sp³-hybridized carbons (Fsp3) is 0.188. The molecule has 0 unspecified atom stereocenters. The zero-order chi connectivity index (χ0) is 16.2. The van der Waals surface area contributed by atoms with Gasteiger partial charge in [0.05, 0.1) is 12.4 Å². The molecule has 0 aliphatic heterocycles. The lowest BCUT2D eigenvalue weighted by Crippen LogP contribution is -2.09. The van der Waals surface area contributed by atoms with Gasteiger partial charge in [-0.2, -0.15) is 5.10 Å². The zero-order valence-electron chi connectivity index (χ0n) is 12.8. The number of rotatable bonds is 5. The molecule has 7 heteroatoms. The van der Waals surface area contributed by atoms with Gasteiger partial charge in [0, 0.05) is 17.8 Å². The fourth-order valence-electron chi connectivity index (χ4n) is 2.17. The summed E-state index contributed by atoms with van der Waals surface area (Å²) in [4.78, 5) is 8.61. The van der Waals surface area contributed by atoms with E-state index in [2.05, 4.69) is 30.8 Å². The van der Waals surface area contributed by atoms with Crippen LogP contribution in [0.3, 0.4) is 0 Å². The highest BCUT2D eigenvalue weighted by molar-refractivity contribution is 5.53. The van der Waals surface area contributed by atoms with Crippen molar-refractivity contribution >= 4 is 17.5 Å². The standard InChI is InChI=1S/C16H17FN6/c1-10-7-14(23-22-10)20-16-9-18-8-15(21-16)19-11(2)12-3-5-13(17)6-4-12/h3-9,11H,1-2H3,(H3,19,20,21,22,23)/t11-/m0/s1. The Morgan fingerprint density at radius 3 is 2.52 bits per heavy atom. The second kappa shape index (κ2) is 6.43. The number of hydrogen-bond acceptors (Lipinski definition) is 5. The van der Waals surface area contributed by atoms with Gasteiger partial charge in [-0.05, 0) is 31.5 Å². The molecule has 1 atom stereocenters. The average Bonchev–Trinajstić information content (AvgIpc) is 2.93. The first kappa shape index (κ1) is 15.0. The van der Waals surface area contributed by atoms with Gasteiger partial charge in [-0.3, -0.25) is 10.1 Å². The summed E-state index contributed by atoms with van der Waals surface area (Å²) in [5, 5.41) is 13.3. The van der Waals surface area contributed by atoms with Crippen LogP contribution in [0.15, 0.2) is 42.7 Å². The third kappa shape index (κ3) is 3.82. The Morgan fingerprint density at radius 1 is 1.09 bits per heavy atom. The Labute approximate surface area is 133 Å². The number of halogens is 1. The molecule has 0 amide bonds. The van der Waals surface area contributed by atoms with Gasteiger partial charge >= 0.3 is 0 Å². The van der Waals surface area contributed by atoms with Crippen molar-refractivity contribution in [1.29, 1.82) is 0 Å². The minimum atomic E-state index is -0.249. The maximum Gasteiger partial charge on any atom is 0.153 e. The molecule has 0 saturated carbocycles. The molecule has 3 rings (SSSR count). The SMILES string of the molecule is Cc1cc(Nc2cncc(N[C@@H](C)c3ccc(F)cc3)n2)n[nH]1. The van der Waals surface area contributed by atoms with E-state index in [4.69, 9.17) is 0 Å². The number of aromatic nitrogens is 4. The molecule has 0 saturated heterocycles. The number of hydrogen-bond donors (Lipinski definition) is 3. The van der Waals surface area contributed by atoms with Crippen molar-refractivity contribution in [2.45, 2.75) is 19.9 Å². The maximum absolute atomic E-state index is 13.0. The molecule has 2 aromatic heterocycles. The molecule has 0 spiro atoms. The van der Waals surface area contributed by atoms with Crippen molar-refractivity contribution < 1.29 is 4.39 Å². The van der Waals surface area contributed by atoms with Crippen molar-refractivity contribution in [3.63, 3.8) is 0 Å². The van der Waals surface area contributed by atoms with Crippen LogP contribution in [0.1, 0.15) is 24.2 Å². The Morgan fingerprint density at radius 2 is 1.83 bits per heavy atom. The number of nitrogens with zero attached hydrogens (tertiary/aromatic N) is 3. The lowest BCUT2D eigenvalue weighted by molar-refractivity contribution is 0.626. The van der Waals surface area contributed by atoms with Crippen molar-refractivity contribution in [2.24, 2.45) is 0 Å². The van der Waals surface area contributed by atoms with Crippen LogP contribution in [0.5, 0.6) is 0 Å². The first-order valence-electron chi connectivity index (χ1n) is 7.23. The van der Waals surface area contributed by atoms with E-state index in [0.29, 0.717) is 17.5 Å². The largest absolute Gasteiger partial charge is 0.362 e. The normalized spacial score (nSPS) is 12.0. The van der Waals surface area contributed by atoms with E-state index >= 15 is 0 Å². The van der Waals surface area contributed by atoms with Crippen molar-refractivity contribution in [1.82, 2.24) is 20.2 Å². The van der Waals surface area contributed by atoms with Crippen LogP contribution in [0.2, 0.25) is 0 Å². The minimum Gasteiger partial charge on any atom is -0.362 e. The second-order valence-electron chi connectivity index (χ2n) is 5.27. The van der Waals surface area contributed by atoms with Crippen LogP contribution in [0.25, 0.3) is 0 Å². The summed E-state index contributed by atoms with van der Waals surface area (Å²) in [6.07, 6.45) is 3.26. The van der Waals surface area contributed by atoms with Crippen LogP contribution in [-0.2, 0) is 0 Å². The van der Waals surface area contributed by atoms with Crippen LogP contribution < -0.4 is 10.6 Å². The van der Waals surface area contributed by atoms with E-state index in [1.165, 1.54) is 12.1 Å². The Bertz CT molecular complexity index is 783. The summed E-state index contributed by atoms with van der Waals surface area (Å²) in [6, 6.07) is 8.23. The molecule has 0 radical (unpaired) electrons. The van der Waals surface area contributed by atoms with Crippen molar-refractivity contribution in [2.75, 3.05) is 10.6 Å². The first-order valence-corrected chi connectivity index (χ1v) is 7.23. The van der Waals surface area contributed by atoms with Crippen LogP contribution >= 0.6 is 0 Å². The van der Waals surface area contributed by atoms with Crippen LogP contribution in [0, 0.1) is 12.7 Å². The molecule has 6 nitrogen and oxygen atoms in total. The van der Waals surface area contributed by atoms with E-state index in [0.717, 1.165) is 11.3 Å². The van der Waals surface area contributed by atoms with Gasteiger partial charge < -0.3 is 10.6 Å². The third-order valence-corrected chi connectivity index (χ3v) is 3.33. The molecule has 1 aromatic carbocycles. The fourth-order valence-corrected chi connectivity index (χ4v) is 2.17. The minimum absolute atomic E-state index is 0.0206. The van der Waals surface area contributed by atoms with Gasteiger partial charge in [-0.1, -0.05) is 12.1 Å². The predicted octanol–water partition coefficient (Wildman–Crippen LogP) is 3.56. The average molecular weight is 312 g/mol. The summed E-state index contributed by atoms with van der Waals surface area (Å²) in [6.45, 7) is 3.90. The van der Waals surface area contributed by atoms with Crippen LogP contribution in [0.4, 0.5) is 21.8 Å². The molecule has 0 fully saturated rings. The first-order chi connectivity index (χ1) is 11.1. The molecule has 0 aliphatic rings. The molecule has 2 heterocycles. The second-order valence-corrected chi connectivity index (χ2v) is 5.27. The monoisotopic (exact) mass is 312 g/mol. The summed E-state index contributed by atoms with van der Waals surface area (Å²) >= 11 is 0. The molecule has 3 N–H and O–H groups in total. The molecule has 118 valence electrons. The molecule has 23 heavy (non-hydrogen) atoms. The lowest BCUT2D eigenvalue weighted by atomic mass is 10.1. The molecule has 3 aromatic rings. The number of nitrogens with one attached hydrogen (secondary N) is 3. The smallest absolute Gasteiger partial charge is 0.153 e. The Kier molecular flexibility index (Phi) is 4.18. The third-order valence-electron chi connectivity index (χ3n) is 3.33. The van der Waals surface area contributed by atoms with E-state index in [-0.39, 0.29) is 11.9 Å². The van der Waals surface area contributed by atoms with E-state index in [9.17, 15) is 4.39 Å². The lowest BCUT2D eigenvalue weighted by Gasteiger charge is -2.15. The van der Waals surface area contributed by atoms with Gasteiger partial charge in [0.15, 0.2) is 11.6 Å². The number of benzene rings is 1. The molecule has 0 bridgehead atoms. The van der Waals surface area contributed by atoms with Crippen molar-refractivity contribution in [3.05, 3.63) is 59.8 Å². The number of H-pyrrole nitrogens is 1. The summed E-state index contributed by atoms with van der Waals surface area (Å²) in [5.41, 5.74) is 1.93. The highest BCUT2D eigenvalue weighted by Gasteiger charge is 2.08. The highest BCUT2D eigenvalue weighted by atomic mass is 19.1. The van der Waals surface area contributed by atoms with Crippen LogP contribution in [-0.4, -0.2) is 20.2 Å². The van der Waals surface area contributed by atoms with Gasteiger partial charge in [0.25, 0.3) is 0 Å². The van der Waals surface area contributed by atoms with E-state index in [1.807, 2.05) is 19.9 Å². The predicted molar refractivity (Wildman–Crippen MR) is 87.1 cm³/mol. The Hall–Kier alpha value is -2.96. The van der Waals surface area contributed by atoms with Gasteiger partial charge in [0.1, 0.15) is 11.6 Å². The van der Waals surface area contributed by atoms with Gasteiger partial charge in [0.2, 0.25) is 0 Å².